The van der Waals surface area contributed by atoms with Gasteiger partial charge in [-0.2, -0.15) is 0 Å². The molecular formula is C28H57N2O6P. The maximum absolute atomic E-state index is 12.5. The lowest BCUT2D eigenvalue weighted by Gasteiger charge is -2.23. The van der Waals surface area contributed by atoms with Crippen LogP contribution in [0.4, 0.5) is 0 Å². The molecule has 1 unspecified atom stereocenters. The minimum atomic E-state index is -4.31. The number of carbonyl (C=O) groups excluding carboxylic acids is 1. The highest BCUT2D eigenvalue weighted by Gasteiger charge is 2.26. The van der Waals surface area contributed by atoms with Gasteiger partial charge in [-0.3, -0.25) is 13.8 Å². The highest BCUT2D eigenvalue weighted by molar-refractivity contribution is 7.47. The molecule has 0 aromatic carbocycles. The van der Waals surface area contributed by atoms with Crippen LogP contribution in [0.5, 0.6) is 0 Å². The van der Waals surface area contributed by atoms with Gasteiger partial charge in [0.25, 0.3) is 0 Å². The first-order chi connectivity index (χ1) is 17.9. The van der Waals surface area contributed by atoms with Crippen molar-refractivity contribution in [2.24, 2.45) is 5.73 Å². The van der Waals surface area contributed by atoms with E-state index in [0.29, 0.717) is 6.42 Å². The number of phosphoric ester groups is 1. The van der Waals surface area contributed by atoms with Gasteiger partial charge in [0.2, 0.25) is 5.91 Å². The lowest BCUT2D eigenvalue weighted by Crippen LogP contribution is -2.45. The largest absolute Gasteiger partial charge is 0.472 e. The molecule has 0 aromatic rings. The van der Waals surface area contributed by atoms with Crippen LogP contribution in [0.25, 0.3) is 0 Å². The summed E-state index contributed by atoms with van der Waals surface area (Å²) in [4.78, 5) is 22.3. The quantitative estimate of drug-likeness (QED) is 0.0520. The van der Waals surface area contributed by atoms with E-state index in [2.05, 4.69) is 19.2 Å². The summed E-state index contributed by atoms with van der Waals surface area (Å²) in [6, 6.07) is -0.849. The molecule has 0 saturated heterocycles. The van der Waals surface area contributed by atoms with E-state index in [1.165, 1.54) is 70.6 Å². The van der Waals surface area contributed by atoms with Crippen LogP contribution in [0.15, 0.2) is 12.2 Å². The van der Waals surface area contributed by atoms with Crippen LogP contribution in [0.3, 0.4) is 0 Å². The molecule has 0 aliphatic heterocycles. The summed E-state index contributed by atoms with van der Waals surface area (Å²) < 4.78 is 21.8. The molecule has 0 rings (SSSR count). The van der Waals surface area contributed by atoms with Crippen molar-refractivity contribution in [3.63, 3.8) is 0 Å². The molecule has 9 heteroatoms. The van der Waals surface area contributed by atoms with Gasteiger partial charge in [-0.1, -0.05) is 116 Å². The monoisotopic (exact) mass is 548 g/mol. The van der Waals surface area contributed by atoms with Gasteiger partial charge in [-0.25, -0.2) is 4.57 Å². The highest BCUT2D eigenvalue weighted by atomic mass is 31.2. The third kappa shape index (κ3) is 24.0. The summed E-state index contributed by atoms with van der Waals surface area (Å²) in [6.07, 6.45) is 22.6. The third-order valence-corrected chi connectivity index (χ3v) is 7.35. The molecular weight excluding hydrogens is 491 g/mol. The predicted octanol–water partition coefficient (Wildman–Crippen LogP) is 6.54. The fourth-order valence-corrected chi connectivity index (χ4v) is 4.83. The predicted molar refractivity (Wildman–Crippen MR) is 152 cm³/mol. The molecule has 0 saturated carbocycles. The number of nitrogens with one attached hydrogen (secondary N) is 1. The average Bonchev–Trinajstić information content (AvgIpc) is 2.87. The number of aliphatic hydroxyl groups excluding tert-OH is 1. The Labute approximate surface area is 226 Å². The zero-order chi connectivity index (χ0) is 27.6. The van der Waals surface area contributed by atoms with Crippen LogP contribution < -0.4 is 11.1 Å². The SMILES string of the molecule is CCCCCCCCC/C=C/[C@@H](O)[C@H](COP(=O)(O)OCCN)NC(=O)CCCCCCCCCCC. The van der Waals surface area contributed by atoms with Gasteiger partial charge in [0.05, 0.1) is 25.4 Å². The molecule has 5 N–H and O–H groups in total. The summed E-state index contributed by atoms with van der Waals surface area (Å²) in [5.41, 5.74) is 5.31. The van der Waals surface area contributed by atoms with Gasteiger partial charge in [-0.05, 0) is 19.3 Å². The zero-order valence-electron chi connectivity index (χ0n) is 23.7. The van der Waals surface area contributed by atoms with Crippen molar-refractivity contribution in [3.8, 4) is 0 Å². The standard InChI is InChI=1S/C28H57N2O6P/c1-3-5-7-9-11-13-15-17-19-21-27(31)26(25-36-37(33,34)35-24-23-29)30-28(32)22-20-18-16-14-12-10-8-6-4-2/h19,21,26-27,31H,3-18,20,22-25,29H2,1-2H3,(H,30,32)(H,33,34)/b21-19+/t26-,27+/m0/s1. The number of nitrogens with two attached hydrogens (primary N) is 1. The maximum atomic E-state index is 12.5. The first-order valence-corrected chi connectivity index (χ1v) is 16.3. The Kier molecular flexibility index (Phi) is 25.0. The second-order valence-corrected chi connectivity index (χ2v) is 11.4. The van der Waals surface area contributed by atoms with E-state index in [0.717, 1.165) is 38.5 Å². The van der Waals surface area contributed by atoms with Crippen molar-refractivity contribution in [2.75, 3.05) is 19.8 Å². The van der Waals surface area contributed by atoms with Crippen molar-refractivity contribution < 1.29 is 28.4 Å². The van der Waals surface area contributed by atoms with Gasteiger partial charge in [0.15, 0.2) is 0 Å². The van der Waals surface area contributed by atoms with Crippen LogP contribution in [-0.4, -0.2) is 47.8 Å². The summed E-state index contributed by atoms with van der Waals surface area (Å²) >= 11 is 0. The number of phosphoric acid groups is 1. The summed E-state index contributed by atoms with van der Waals surface area (Å²) in [7, 11) is -4.31. The highest BCUT2D eigenvalue weighted by Crippen LogP contribution is 2.43. The number of amides is 1. The molecule has 37 heavy (non-hydrogen) atoms. The number of rotatable bonds is 27. The number of aliphatic hydroxyl groups is 1. The fraction of sp³-hybridized carbons (Fsp3) is 0.893. The minimum Gasteiger partial charge on any atom is -0.387 e. The smallest absolute Gasteiger partial charge is 0.387 e. The van der Waals surface area contributed by atoms with E-state index in [4.69, 9.17) is 14.8 Å². The van der Waals surface area contributed by atoms with Crippen LogP contribution >= 0.6 is 7.82 Å². The van der Waals surface area contributed by atoms with Crippen molar-refractivity contribution >= 4 is 13.7 Å². The molecule has 0 aliphatic carbocycles. The molecule has 0 fully saturated rings. The van der Waals surface area contributed by atoms with Gasteiger partial charge >= 0.3 is 7.82 Å². The number of hydrogen-bond acceptors (Lipinski definition) is 6. The van der Waals surface area contributed by atoms with E-state index in [9.17, 15) is 19.4 Å². The molecule has 3 atom stereocenters. The third-order valence-electron chi connectivity index (χ3n) is 6.36. The zero-order valence-corrected chi connectivity index (χ0v) is 24.6. The molecule has 220 valence electrons. The molecule has 0 aliphatic rings. The van der Waals surface area contributed by atoms with Crippen LogP contribution in [0.1, 0.15) is 129 Å². The average molecular weight is 549 g/mol. The van der Waals surface area contributed by atoms with E-state index in [1.54, 1.807) is 6.08 Å². The van der Waals surface area contributed by atoms with Gasteiger partial charge in [0, 0.05) is 13.0 Å². The maximum Gasteiger partial charge on any atom is 0.472 e. The number of carbonyl (C=O) groups is 1. The van der Waals surface area contributed by atoms with Gasteiger partial charge in [-0.15, -0.1) is 0 Å². The summed E-state index contributed by atoms with van der Waals surface area (Å²) in [6.45, 7) is 4.04. The molecule has 8 nitrogen and oxygen atoms in total. The molecule has 0 bridgehead atoms. The minimum absolute atomic E-state index is 0.0801. The normalized spacial score (nSPS) is 15.1. The van der Waals surface area contributed by atoms with Crippen molar-refractivity contribution in [1.82, 2.24) is 5.32 Å². The molecule has 0 aromatic heterocycles. The Balaban J connectivity index is 4.50. The van der Waals surface area contributed by atoms with Crippen molar-refractivity contribution in [1.29, 1.82) is 0 Å². The summed E-state index contributed by atoms with van der Waals surface area (Å²) in [5.74, 6) is -0.202. The lowest BCUT2D eigenvalue weighted by atomic mass is 10.1. The molecule has 0 radical (unpaired) electrons. The van der Waals surface area contributed by atoms with Gasteiger partial charge < -0.3 is 21.1 Å². The Hall–Kier alpha value is -0.760. The Morgan fingerprint density at radius 1 is 0.865 bits per heavy atom. The van der Waals surface area contributed by atoms with Crippen molar-refractivity contribution in [3.05, 3.63) is 12.2 Å². The Morgan fingerprint density at radius 2 is 1.38 bits per heavy atom. The summed E-state index contributed by atoms with van der Waals surface area (Å²) in [5, 5.41) is 13.4. The molecule has 1 amide bonds. The van der Waals surface area contributed by atoms with Crippen LogP contribution in [0.2, 0.25) is 0 Å². The van der Waals surface area contributed by atoms with E-state index >= 15 is 0 Å². The van der Waals surface area contributed by atoms with Crippen LogP contribution in [-0.2, 0) is 18.4 Å². The first-order valence-electron chi connectivity index (χ1n) is 14.8. The number of allylic oxidation sites excluding steroid dienone is 1. The molecule has 0 heterocycles. The van der Waals surface area contributed by atoms with Crippen LogP contribution in [0, 0.1) is 0 Å². The number of hydrogen-bond donors (Lipinski definition) is 4. The first kappa shape index (κ1) is 36.2. The topological polar surface area (TPSA) is 131 Å². The second kappa shape index (κ2) is 25.5. The second-order valence-electron chi connectivity index (χ2n) is 9.97. The van der Waals surface area contributed by atoms with Crippen molar-refractivity contribution in [2.45, 2.75) is 142 Å². The molecule has 0 spiro atoms. The lowest BCUT2D eigenvalue weighted by molar-refractivity contribution is -0.123. The van der Waals surface area contributed by atoms with E-state index in [-0.39, 0.29) is 25.7 Å². The fourth-order valence-electron chi connectivity index (χ4n) is 4.07. The van der Waals surface area contributed by atoms with E-state index in [1.807, 2.05) is 6.08 Å². The number of unbranched alkanes of at least 4 members (excludes halogenated alkanes) is 15. The Bertz CT molecular complexity index is 605. The van der Waals surface area contributed by atoms with E-state index < -0.39 is 20.0 Å². The Morgan fingerprint density at radius 3 is 1.92 bits per heavy atom. The van der Waals surface area contributed by atoms with Gasteiger partial charge in [0.1, 0.15) is 0 Å².